The molecule has 0 heterocycles. The molecule has 80 valence electrons. The number of amides is 1. The van der Waals surface area contributed by atoms with E-state index in [9.17, 15) is 14.0 Å². The summed E-state index contributed by atoms with van der Waals surface area (Å²) in [6.45, 7) is 1.22. The van der Waals surface area contributed by atoms with Crippen molar-refractivity contribution in [2.45, 2.75) is 12.3 Å². The zero-order valence-corrected chi connectivity index (χ0v) is 8.72. The molecule has 1 atom stereocenters. The normalized spacial score (nSPS) is 11.9. The third-order valence-electron chi connectivity index (χ3n) is 1.70. The zero-order chi connectivity index (χ0) is 11.4. The lowest BCUT2D eigenvalue weighted by Gasteiger charge is -2.07. The minimum absolute atomic E-state index is 0.397. The van der Waals surface area contributed by atoms with Gasteiger partial charge in [-0.2, -0.15) is 0 Å². The Morgan fingerprint density at radius 2 is 1.87 bits per heavy atom. The number of nitrogens with one attached hydrogen (secondary N) is 1. The number of alkyl halides is 1. The fourth-order valence-corrected chi connectivity index (χ4v) is 0.978. The van der Waals surface area contributed by atoms with Gasteiger partial charge in [0.1, 0.15) is 5.82 Å². The van der Waals surface area contributed by atoms with E-state index < -0.39 is 22.9 Å². The molecule has 0 aromatic heterocycles. The van der Waals surface area contributed by atoms with Gasteiger partial charge < -0.3 is 5.32 Å². The molecule has 15 heavy (non-hydrogen) atoms. The summed E-state index contributed by atoms with van der Waals surface area (Å²) in [7, 11) is 0. The number of carbonyl (C=O) groups excluding carboxylic acids is 2. The summed E-state index contributed by atoms with van der Waals surface area (Å²) in [5.74, 6) is -1.45. The molecule has 0 aliphatic heterocycles. The van der Waals surface area contributed by atoms with E-state index >= 15 is 0 Å². The van der Waals surface area contributed by atoms with Crippen LogP contribution in [-0.2, 0) is 9.59 Å². The summed E-state index contributed by atoms with van der Waals surface area (Å²) in [4.78, 5) is 22.1. The van der Waals surface area contributed by atoms with Crippen LogP contribution in [0.15, 0.2) is 24.3 Å². The van der Waals surface area contributed by atoms with Crippen LogP contribution in [0, 0.1) is 5.82 Å². The fourth-order valence-electron chi connectivity index (χ4n) is 0.923. The molecular formula is C10H9ClFNO2. The van der Waals surface area contributed by atoms with Crippen molar-refractivity contribution in [2.24, 2.45) is 0 Å². The number of benzene rings is 1. The minimum atomic E-state index is -1.21. The van der Waals surface area contributed by atoms with Crippen molar-refractivity contribution in [3.8, 4) is 0 Å². The Morgan fingerprint density at radius 3 is 2.33 bits per heavy atom. The van der Waals surface area contributed by atoms with Crippen molar-refractivity contribution in [1.82, 2.24) is 0 Å². The molecule has 1 aromatic carbocycles. The number of hydrogen-bond donors (Lipinski definition) is 1. The number of Topliss-reactive ketones (excluding diaryl/α,β-unsaturated/α-hetero) is 1. The second-order valence-electron chi connectivity index (χ2n) is 2.97. The van der Waals surface area contributed by atoms with E-state index in [-0.39, 0.29) is 0 Å². The van der Waals surface area contributed by atoms with Gasteiger partial charge in [0.05, 0.1) is 0 Å². The first kappa shape index (κ1) is 11.7. The molecule has 1 amide bonds. The first-order chi connectivity index (χ1) is 7.00. The summed E-state index contributed by atoms with van der Waals surface area (Å²) in [6, 6.07) is 5.17. The molecule has 0 aliphatic rings. The van der Waals surface area contributed by atoms with Crippen LogP contribution in [-0.4, -0.2) is 17.1 Å². The van der Waals surface area contributed by atoms with Crippen LogP contribution in [0.4, 0.5) is 10.1 Å². The minimum Gasteiger partial charge on any atom is -0.324 e. The summed E-state index contributed by atoms with van der Waals surface area (Å²) < 4.78 is 12.5. The van der Waals surface area contributed by atoms with Gasteiger partial charge in [-0.1, -0.05) is 0 Å². The molecule has 1 N–H and O–H groups in total. The average Bonchev–Trinajstić information content (AvgIpc) is 2.20. The SMILES string of the molecule is CC(=O)C(Cl)C(=O)Nc1ccc(F)cc1. The second-order valence-corrected chi connectivity index (χ2v) is 3.41. The number of halogens is 2. The van der Waals surface area contributed by atoms with E-state index in [0.29, 0.717) is 5.69 Å². The van der Waals surface area contributed by atoms with Gasteiger partial charge in [0.25, 0.3) is 0 Å². The van der Waals surface area contributed by atoms with Gasteiger partial charge in [-0.05, 0) is 31.2 Å². The van der Waals surface area contributed by atoms with Gasteiger partial charge in [-0.3, -0.25) is 9.59 Å². The van der Waals surface area contributed by atoms with Crippen molar-refractivity contribution in [2.75, 3.05) is 5.32 Å². The predicted octanol–water partition coefficient (Wildman–Crippen LogP) is 1.96. The predicted molar refractivity (Wildman–Crippen MR) is 55.4 cm³/mol. The lowest BCUT2D eigenvalue weighted by atomic mass is 10.2. The van der Waals surface area contributed by atoms with Crippen LogP contribution in [0.1, 0.15) is 6.92 Å². The van der Waals surface area contributed by atoms with Crippen molar-refractivity contribution < 1.29 is 14.0 Å². The van der Waals surface area contributed by atoms with E-state index in [1.54, 1.807) is 0 Å². The van der Waals surface area contributed by atoms with Crippen molar-refractivity contribution in [3.63, 3.8) is 0 Å². The van der Waals surface area contributed by atoms with E-state index in [1.165, 1.54) is 31.2 Å². The molecule has 1 unspecified atom stereocenters. The number of ketones is 1. The maximum Gasteiger partial charge on any atom is 0.250 e. The van der Waals surface area contributed by atoms with Gasteiger partial charge >= 0.3 is 0 Å². The average molecular weight is 230 g/mol. The Balaban J connectivity index is 2.66. The van der Waals surface area contributed by atoms with Crippen LogP contribution >= 0.6 is 11.6 Å². The van der Waals surface area contributed by atoms with E-state index in [0.717, 1.165) is 0 Å². The Kier molecular flexibility index (Phi) is 3.80. The molecule has 3 nitrogen and oxygen atoms in total. The second kappa shape index (κ2) is 4.89. The largest absolute Gasteiger partial charge is 0.324 e. The molecule has 0 aliphatic carbocycles. The summed E-state index contributed by atoms with van der Waals surface area (Å²) in [6.07, 6.45) is 0. The quantitative estimate of drug-likeness (QED) is 0.636. The van der Waals surface area contributed by atoms with Gasteiger partial charge in [-0.15, -0.1) is 11.6 Å². The standard InChI is InChI=1S/C10H9ClFNO2/c1-6(14)9(11)10(15)13-8-4-2-7(12)3-5-8/h2-5,9H,1H3,(H,13,15). The van der Waals surface area contributed by atoms with Gasteiger partial charge in [0.15, 0.2) is 11.2 Å². The topological polar surface area (TPSA) is 46.2 Å². The lowest BCUT2D eigenvalue weighted by Crippen LogP contribution is -2.28. The molecule has 1 aromatic rings. The summed E-state index contributed by atoms with van der Waals surface area (Å²) in [5, 5.41) is 1.18. The number of anilines is 1. The Labute approximate surface area is 91.2 Å². The smallest absolute Gasteiger partial charge is 0.250 e. The van der Waals surface area contributed by atoms with E-state index in [1.807, 2.05) is 0 Å². The Hall–Kier alpha value is -1.42. The van der Waals surface area contributed by atoms with Crippen LogP contribution in [0.5, 0.6) is 0 Å². The monoisotopic (exact) mass is 229 g/mol. The molecule has 0 fully saturated rings. The maximum atomic E-state index is 12.5. The van der Waals surface area contributed by atoms with Crippen molar-refractivity contribution in [3.05, 3.63) is 30.1 Å². The maximum absolute atomic E-state index is 12.5. The highest BCUT2D eigenvalue weighted by molar-refractivity contribution is 6.42. The highest BCUT2D eigenvalue weighted by Gasteiger charge is 2.19. The molecule has 5 heteroatoms. The third-order valence-corrected chi connectivity index (χ3v) is 2.20. The van der Waals surface area contributed by atoms with Crippen LogP contribution < -0.4 is 5.32 Å². The lowest BCUT2D eigenvalue weighted by molar-refractivity contribution is -0.123. The first-order valence-electron chi connectivity index (χ1n) is 4.21. The van der Waals surface area contributed by atoms with E-state index in [2.05, 4.69) is 5.32 Å². The van der Waals surface area contributed by atoms with Gasteiger partial charge in [0.2, 0.25) is 5.91 Å². The van der Waals surface area contributed by atoms with Crippen LogP contribution in [0.3, 0.4) is 0 Å². The highest BCUT2D eigenvalue weighted by Crippen LogP contribution is 2.10. The molecular weight excluding hydrogens is 221 g/mol. The molecule has 0 spiro atoms. The number of rotatable bonds is 3. The van der Waals surface area contributed by atoms with Gasteiger partial charge in [0, 0.05) is 5.69 Å². The van der Waals surface area contributed by atoms with E-state index in [4.69, 9.17) is 11.6 Å². The molecule has 0 radical (unpaired) electrons. The summed E-state index contributed by atoms with van der Waals surface area (Å²) >= 11 is 5.51. The first-order valence-corrected chi connectivity index (χ1v) is 4.65. The number of hydrogen-bond acceptors (Lipinski definition) is 2. The summed E-state index contributed by atoms with van der Waals surface area (Å²) in [5.41, 5.74) is 0.397. The van der Waals surface area contributed by atoms with Crippen LogP contribution in [0.2, 0.25) is 0 Å². The van der Waals surface area contributed by atoms with Crippen molar-refractivity contribution in [1.29, 1.82) is 0 Å². The Morgan fingerprint density at radius 1 is 1.33 bits per heavy atom. The fraction of sp³-hybridized carbons (Fsp3) is 0.200. The zero-order valence-electron chi connectivity index (χ0n) is 7.96. The molecule has 0 saturated carbocycles. The number of carbonyl (C=O) groups is 2. The highest BCUT2D eigenvalue weighted by atomic mass is 35.5. The molecule has 1 rings (SSSR count). The van der Waals surface area contributed by atoms with Crippen LogP contribution in [0.25, 0.3) is 0 Å². The Bertz CT molecular complexity index is 378. The van der Waals surface area contributed by atoms with Crippen molar-refractivity contribution >= 4 is 29.0 Å². The molecule has 0 bridgehead atoms. The molecule has 0 saturated heterocycles. The van der Waals surface area contributed by atoms with Gasteiger partial charge in [-0.25, -0.2) is 4.39 Å². The third kappa shape index (κ3) is 3.32.